The van der Waals surface area contributed by atoms with E-state index in [1.54, 1.807) is 7.11 Å². The molecule has 19 heavy (non-hydrogen) atoms. The van der Waals surface area contributed by atoms with Crippen molar-refractivity contribution in [2.24, 2.45) is 0 Å². The van der Waals surface area contributed by atoms with Crippen LogP contribution in [0.25, 0.3) is 10.9 Å². The highest BCUT2D eigenvalue weighted by Crippen LogP contribution is 2.23. The normalized spacial score (nSPS) is 10.8. The molecule has 0 unspecified atom stereocenters. The maximum atomic E-state index is 5.01. The lowest BCUT2D eigenvalue weighted by Gasteiger charge is -2.21. The average molecular weight is 259 g/mol. The van der Waals surface area contributed by atoms with Gasteiger partial charge in [-0.05, 0) is 12.1 Å². The summed E-state index contributed by atoms with van der Waals surface area (Å²) < 4.78 is 5.01. The fourth-order valence-corrected chi connectivity index (χ4v) is 2.08. The molecule has 0 aliphatic heterocycles. The van der Waals surface area contributed by atoms with Crippen molar-refractivity contribution >= 4 is 16.6 Å². The zero-order chi connectivity index (χ0) is 13.5. The molecule has 0 saturated carbocycles. The highest BCUT2D eigenvalue weighted by Gasteiger charge is 2.05. The first-order valence-electron chi connectivity index (χ1n) is 6.57. The first-order valence-corrected chi connectivity index (χ1v) is 6.57. The van der Waals surface area contributed by atoms with Crippen molar-refractivity contribution in [3.63, 3.8) is 0 Å². The number of methoxy groups -OCH3 is 1. The van der Waals surface area contributed by atoms with E-state index >= 15 is 0 Å². The van der Waals surface area contributed by atoms with Crippen LogP contribution in [-0.2, 0) is 4.74 Å². The highest BCUT2D eigenvalue weighted by atomic mass is 16.5. The Morgan fingerprint density at radius 2 is 2.05 bits per heavy atom. The number of pyridine rings is 1. The van der Waals surface area contributed by atoms with Crippen LogP contribution in [0.3, 0.4) is 0 Å². The summed E-state index contributed by atoms with van der Waals surface area (Å²) >= 11 is 0. The summed E-state index contributed by atoms with van der Waals surface area (Å²) in [6, 6.07) is 10.3. The number of nitrogens with one attached hydrogen (secondary N) is 1. The van der Waals surface area contributed by atoms with Crippen LogP contribution in [-0.4, -0.2) is 45.4 Å². The van der Waals surface area contributed by atoms with Crippen LogP contribution in [0.1, 0.15) is 0 Å². The Morgan fingerprint density at radius 1 is 1.21 bits per heavy atom. The van der Waals surface area contributed by atoms with Gasteiger partial charge in [0.05, 0.1) is 12.1 Å². The molecule has 1 N–H and O–H groups in total. The van der Waals surface area contributed by atoms with E-state index in [0.717, 1.165) is 31.8 Å². The van der Waals surface area contributed by atoms with Crippen LogP contribution in [0.4, 0.5) is 5.69 Å². The van der Waals surface area contributed by atoms with E-state index in [9.17, 15) is 0 Å². The summed E-state index contributed by atoms with van der Waals surface area (Å²) in [7, 11) is 3.83. The van der Waals surface area contributed by atoms with Gasteiger partial charge in [0.1, 0.15) is 0 Å². The number of hydrogen-bond acceptors (Lipinski definition) is 4. The molecule has 0 aliphatic rings. The number of likely N-dealkylation sites (N-methyl/N-ethyl adjacent to an activating group) is 1. The Bertz CT molecular complexity index is 510. The van der Waals surface area contributed by atoms with Gasteiger partial charge in [0.2, 0.25) is 0 Å². The van der Waals surface area contributed by atoms with Gasteiger partial charge in [-0.1, -0.05) is 18.2 Å². The quantitative estimate of drug-likeness (QED) is 0.771. The Morgan fingerprint density at radius 3 is 2.89 bits per heavy atom. The lowest BCUT2D eigenvalue weighted by molar-refractivity contribution is 0.200. The zero-order valence-corrected chi connectivity index (χ0v) is 11.6. The Hall–Kier alpha value is -1.65. The van der Waals surface area contributed by atoms with E-state index in [0.29, 0.717) is 0 Å². The summed E-state index contributed by atoms with van der Waals surface area (Å²) in [6.07, 6.45) is 1.87. The maximum Gasteiger partial charge on any atom is 0.0722 e. The van der Waals surface area contributed by atoms with Gasteiger partial charge in [-0.25, -0.2) is 0 Å². The van der Waals surface area contributed by atoms with Gasteiger partial charge in [-0.2, -0.15) is 0 Å². The molecule has 0 fully saturated rings. The lowest BCUT2D eigenvalue weighted by Crippen LogP contribution is -2.30. The number of para-hydroxylation sites is 1. The molecular formula is C15H21N3O. The first kappa shape index (κ1) is 13.8. The molecule has 0 spiro atoms. The molecule has 1 aromatic carbocycles. The molecule has 1 heterocycles. The molecule has 2 aromatic rings. The first-order chi connectivity index (χ1) is 9.33. The lowest BCUT2D eigenvalue weighted by atomic mass is 10.2. The van der Waals surface area contributed by atoms with Crippen LogP contribution in [0.5, 0.6) is 0 Å². The molecule has 0 radical (unpaired) electrons. The second-order valence-corrected chi connectivity index (χ2v) is 4.51. The Labute approximate surface area is 114 Å². The molecule has 0 aliphatic carbocycles. The monoisotopic (exact) mass is 259 g/mol. The van der Waals surface area contributed by atoms with Gasteiger partial charge in [0.15, 0.2) is 0 Å². The molecule has 0 bridgehead atoms. The minimum Gasteiger partial charge on any atom is -0.383 e. The van der Waals surface area contributed by atoms with Crippen LogP contribution < -0.4 is 10.2 Å². The fourth-order valence-electron chi connectivity index (χ4n) is 2.08. The number of ether oxygens (including phenoxy) is 1. The van der Waals surface area contributed by atoms with Crippen LogP contribution in [0, 0.1) is 0 Å². The van der Waals surface area contributed by atoms with E-state index in [4.69, 9.17) is 4.74 Å². The van der Waals surface area contributed by atoms with Gasteiger partial charge < -0.3 is 15.0 Å². The number of fused-ring (bicyclic) bond motifs is 1. The summed E-state index contributed by atoms with van der Waals surface area (Å²) in [5.74, 6) is 0. The maximum absolute atomic E-state index is 5.01. The SMILES string of the molecule is COCCNCCN(C)c1ccnc2ccccc12. The zero-order valence-electron chi connectivity index (χ0n) is 11.6. The minimum absolute atomic E-state index is 0.752. The number of benzene rings is 1. The standard InChI is InChI=1S/C15H21N3O/c1-18(11-9-16-10-12-19-2)15-7-8-17-14-6-4-3-5-13(14)15/h3-8,16H,9-12H2,1-2H3. The number of hydrogen-bond donors (Lipinski definition) is 1. The van der Waals surface area contributed by atoms with Crippen LogP contribution in [0.2, 0.25) is 0 Å². The van der Waals surface area contributed by atoms with Crippen molar-refractivity contribution < 1.29 is 4.74 Å². The molecule has 4 nitrogen and oxygen atoms in total. The topological polar surface area (TPSA) is 37.4 Å². The minimum atomic E-state index is 0.752. The number of rotatable bonds is 7. The second-order valence-electron chi connectivity index (χ2n) is 4.51. The van der Waals surface area contributed by atoms with Crippen LogP contribution >= 0.6 is 0 Å². The van der Waals surface area contributed by atoms with E-state index < -0.39 is 0 Å². The predicted molar refractivity (Wildman–Crippen MR) is 79.8 cm³/mol. The van der Waals surface area contributed by atoms with Gasteiger partial charge in [0.25, 0.3) is 0 Å². The van der Waals surface area contributed by atoms with Crippen molar-refractivity contribution in [2.45, 2.75) is 0 Å². The number of nitrogens with zero attached hydrogens (tertiary/aromatic N) is 2. The fraction of sp³-hybridized carbons (Fsp3) is 0.400. The number of aromatic nitrogens is 1. The highest BCUT2D eigenvalue weighted by molar-refractivity contribution is 5.91. The van der Waals surface area contributed by atoms with Gasteiger partial charge >= 0.3 is 0 Å². The molecule has 0 atom stereocenters. The van der Waals surface area contributed by atoms with E-state index in [1.807, 2.05) is 18.3 Å². The molecule has 0 saturated heterocycles. The molecule has 4 heteroatoms. The summed E-state index contributed by atoms with van der Waals surface area (Å²) in [6.45, 7) is 3.54. The summed E-state index contributed by atoms with van der Waals surface area (Å²) in [5.41, 5.74) is 2.26. The Balaban J connectivity index is 1.99. The Kier molecular flexibility index (Phi) is 5.12. The van der Waals surface area contributed by atoms with E-state index in [2.05, 4.69) is 40.4 Å². The average Bonchev–Trinajstić information content (AvgIpc) is 2.46. The van der Waals surface area contributed by atoms with Crippen molar-refractivity contribution in [1.82, 2.24) is 10.3 Å². The summed E-state index contributed by atoms with van der Waals surface area (Å²) in [5, 5.41) is 4.55. The van der Waals surface area contributed by atoms with Gasteiger partial charge in [0, 0.05) is 51.1 Å². The smallest absolute Gasteiger partial charge is 0.0722 e. The van der Waals surface area contributed by atoms with Crippen molar-refractivity contribution in [1.29, 1.82) is 0 Å². The van der Waals surface area contributed by atoms with Gasteiger partial charge in [-0.3, -0.25) is 4.98 Å². The van der Waals surface area contributed by atoms with Crippen molar-refractivity contribution in [2.75, 3.05) is 45.3 Å². The van der Waals surface area contributed by atoms with Crippen LogP contribution in [0.15, 0.2) is 36.5 Å². The third-order valence-electron chi connectivity index (χ3n) is 3.14. The molecular weight excluding hydrogens is 238 g/mol. The summed E-state index contributed by atoms with van der Waals surface area (Å²) in [4.78, 5) is 6.64. The predicted octanol–water partition coefficient (Wildman–Crippen LogP) is 1.91. The molecule has 2 rings (SSSR count). The largest absolute Gasteiger partial charge is 0.383 e. The molecule has 1 aromatic heterocycles. The van der Waals surface area contributed by atoms with Crippen molar-refractivity contribution in [3.05, 3.63) is 36.5 Å². The third-order valence-corrected chi connectivity index (χ3v) is 3.14. The third kappa shape index (κ3) is 3.66. The second kappa shape index (κ2) is 7.07. The van der Waals surface area contributed by atoms with Crippen molar-refractivity contribution in [3.8, 4) is 0 Å². The molecule has 0 amide bonds. The van der Waals surface area contributed by atoms with E-state index in [1.165, 1.54) is 11.1 Å². The molecule has 102 valence electrons. The van der Waals surface area contributed by atoms with Gasteiger partial charge in [-0.15, -0.1) is 0 Å². The number of anilines is 1. The van der Waals surface area contributed by atoms with E-state index in [-0.39, 0.29) is 0 Å².